The van der Waals surface area contributed by atoms with E-state index in [-0.39, 0.29) is 12.2 Å². The average Bonchev–Trinajstić information content (AvgIpc) is 3.15. The lowest BCUT2D eigenvalue weighted by molar-refractivity contribution is 0.0992. The van der Waals surface area contributed by atoms with Crippen LogP contribution in [0.15, 0.2) is 49.1 Å². The van der Waals surface area contributed by atoms with Gasteiger partial charge in [-0.25, -0.2) is 4.98 Å². The summed E-state index contributed by atoms with van der Waals surface area (Å²) in [5.41, 5.74) is 3.77. The SMILES string of the molecule is CN1CCCN(c2cc(C(=O)Cc3cc4cc(-c5cn(C)nn5)cnc4cn3)ccn2)CC1. The normalized spacial score (nSPS) is 15.0. The maximum atomic E-state index is 13.1. The molecule has 33 heavy (non-hydrogen) atoms. The van der Waals surface area contributed by atoms with Crippen LogP contribution in [0.25, 0.3) is 22.2 Å². The monoisotopic (exact) mass is 442 g/mol. The molecule has 0 atom stereocenters. The van der Waals surface area contributed by atoms with Gasteiger partial charge < -0.3 is 9.80 Å². The van der Waals surface area contributed by atoms with Crippen molar-refractivity contribution in [2.45, 2.75) is 12.8 Å². The molecule has 0 unspecified atom stereocenters. The largest absolute Gasteiger partial charge is 0.355 e. The van der Waals surface area contributed by atoms with E-state index in [0.29, 0.717) is 11.3 Å². The van der Waals surface area contributed by atoms with Crippen molar-refractivity contribution in [1.82, 2.24) is 34.8 Å². The van der Waals surface area contributed by atoms with Crippen molar-refractivity contribution in [2.24, 2.45) is 7.05 Å². The molecule has 5 heterocycles. The lowest BCUT2D eigenvalue weighted by Gasteiger charge is -2.21. The Morgan fingerprint density at radius 2 is 1.91 bits per heavy atom. The highest BCUT2D eigenvalue weighted by molar-refractivity contribution is 5.98. The van der Waals surface area contributed by atoms with Gasteiger partial charge in [0.25, 0.3) is 0 Å². The van der Waals surface area contributed by atoms with E-state index >= 15 is 0 Å². The number of fused-ring (bicyclic) bond motifs is 1. The first-order chi connectivity index (χ1) is 16.0. The van der Waals surface area contributed by atoms with Gasteiger partial charge in [0.1, 0.15) is 11.5 Å². The number of ketones is 1. The van der Waals surface area contributed by atoms with E-state index in [1.54, 1.807) is 29.3 Å². The summed E-state index contributed by atoms with van der Waals surface area (Å²) in [6.07, 6.45) is 8.35. The number of Topliss-reactive ketones (excluding diaryl/α,β-unsaturated/α-hetero) is 1. The number of aromatic nitrogens is 6. The molecule has 0 aromatic carbocycles. The molecule has 9 heteroatoms. The third-order valence-electron chi connectivity index (χ3n) is 5.98. The van der Waals surface area contributed by atoms with Crippen LogP contribution >= 0.6 is 0 Å². The van der Waals surface area contributed by atoms with Crippen LogP contribution in [0.3, 0.4) is 0 Å². The Hall–Kier alpha value is -3.72. The lowest BCUT2D eigenvalue weighted by atomic mass is 10.1. The van der Waals surface area contributed by atoms with Crippen LogP contribution in [0, 0.1) is 0 Å². The summed E-state index contributed by atoms with van der Waals surface area (Å²) in [5, 5.41) is 9.05. The molecule has 9 nitrogen and oxygen atoms in total. The number of hydrogen-bond donors (Lipinski definition) is 0. The molecule has 4 aromatic rings. The van der Waals surface area contributed by atoms with Crippen LogP contribution < -0.4 is 4.90 Å². The predicted molar refractivity (Wildman–Crippen MR) is 126 cm³/mol. The zero-order valence-corrected chi connectivity index (χ0v) is 18.8. The molecule has 0 spiro atoms. The second kappa shape index (κ2) is 9.03. The maximum absolute atomic E-state index is 13.1. The molecule has 1 fully saturated rings. The van der Waals surface area contributed by atoms with Crippen LogP contribution in [0.1, 0.15) is 22.5 Å². The molecule has 1 aliphatic heterocycles. The molecule has 0 amide bonds. The van der Waals surface area contributed by atoms with Crippen LogP contribution in [0.4, 0.5) is 5.82 Å². The smallest absolute Gasteiger partial charge is 0.169 e. The fraction of sp³-hybridized carbons (Fsp3) is 0.333. The Labute approximate surface area is 192 Å². The summed E-state index contributed by atoms with van der Waals surface area (Å²) < 4.78 is 1.66. The van der Waals surface area contributed by atoms with Crippen molar-refractivity contribution in [3.8, 4) is 11.3 Å². The number of rotatable bonds is 5. The topological polar surface area (TPSA) is 92.9 Å². The highest BCUT2D eigenvalue weighted by Crippen LogP contribution is 2.22. The second-order valence-corrected chi connectivity index (χ2v) is 8.52. The van der Waals surface area contributed by atoms with Gasteiger partial charge in [-0.3, -0.25) is 19.4 Å². The van der Waals surface area contributed by atoms with Gasteiger partial charge in [0.05, 0.1) is 24.3 Å². The van der Waals surface area contributed by atoms with Gasteiger partial charge in [-0.1, -0.05) is 5.21 Å². The van der Waals surface area contributed by atoms with Crippen LogP contribution in [-0.2, 0) is 13.5 Å². The first kappa shape index (κ1) is 21.1. The molecule has 0 saturated carbocycles. The number of aryl methyl sites for hydroxylation is 1. The van der Waals surface area contributed by atoms with Gasteiger partial charge in [-0.05, 0) is 44.3 Å². The van der Waals surface area contributed by atoms with E-state index in [0.717, 1.165) is 60.6 Å². The van der Waals surface area contributed by atoms with E-state index in [9.17, 15) is 4.79 Å². The standard InChI is InChI=1S/C24H26N8O/c1-30-6-3-7-32(9-8-30)24-12-17(4-5-25-24)23(33)13-20-11-18-10-19(14-27-21(18)15-26-20)22-16-31(2)29-28-22/h4-5,10-12,14-16H,3,6-9,13H2,1-2H3. The number of hydrogen-bond acceptors (Lipinski definition) is 8. The maximum Gasteiger partial charge on any atom is 0.169 e. The lowest BCUT2D eigenvalue weighted by Crippen LogP contribution is -2.29. The molecule has 4 aromatic heterocycles. The Morgan fingerprint density at radius 3 is 2.76 bits per heavy atom. The summed E-state index contributed by atoms with van der Waals surface area (Å²) in [5.74, 6) is 0.885. The minimum atomic E-state index is 0.0236. The van der Waals surface area contributed by atoms with Gasteiger partial charge in [-0.15, -0.1) is 5.10 Å². The summed E-state index contributed by atoms with van der Waals surface area (Å²) in [7, 11) is 3.97. The third kappa shape index (κ3) is 4.73. The molecule has 0 aliphatic carbocycles. The van der Waals surface area contributed by atoms with Gasteiger partial charge in [0, 0.05) is 61.3 Å². The number of anilines is 1. The minimum Gasteiger partial charge on any atom is -0.355 e. The molecule has 5 rings (SSSR count). The Morgan fingerprint density at radius 1 is 1.00 bits per heavy atom. The van der Waals surface area contributed by atoms with E-state index in [1.807, 2.05) is 31.4 Å². The van der Waals surface area contributed by atoms with Crippen LogP contribution in [0.5, 0.6) is 0 Å². The Balaban J connectivity index is 1.35. The minimum absolute atomic E-state index is 0.0236. The van der Waals surface area contributed by atoms with Crippen LogP contribution in [-0.4, -0.2) is 73.9 Å². The Bertz CT molecular complexity index is 1300. The number of carbonyl (C=O) groups is 1. The van der Waals surface area contributed by atoms with E-state index in [1.165, 1.54) is 0 Å². The highest BCUT2D eigenvalue weighted by atomic mass is 16.1. The van der Waals surface area contributed by atoms with Crippen molar-refractivity contribution in [3.05, 3.63) is 60.3 Å². The summed E-state index contributed by atoms with van der Waals surface area (Å²) in [6.45, 7) is 3.93. The molecule has 0 bridgehead atoms. The number of pyridine rings is 3. The van der Waals surface area contributed by atoms with E-state index < -0.39 is 0 Å². The molecule has 0 N–H and O–H groups in total. The van der Waals surface area contributed by atoms with Gasteiger partial charge in [0.2, 0.25) is 0 Å². The van der Waals surface area contributed by atoms with Crippen LogP contribution in [0.2, 0.25) is 0 Å². The predicted octanol–water partition coefficient (Wildman–Crippen LogP) is 2.39. The van der Waals surface area contributed by atoms with E-state index in [2.05, 4.69) is 42.1 Å². The Kier molecular flexibility index (Phi) is 5.78. The van der Waals surface area contributed by atoms with Crippen molar-refractivity contribution < 1.29 is 4.79 Å². The molecular formula is C24H26N8O. The summed E-state index contributed by atoms with van der Waals surface area (Å²) in [6, 6.07) is 7.61. The quantitative estimate of drug-likeness (QED) is 0.435. The highest BCUT2D eigenvalue weighted by Gasteiger charge is 2.16. The molecule has 1 saturated heterocycles. The zero-order valence-electron chi connectivity index (χ0n) is 18.8. The molecule has 168 valence electrons. The average molecular weight is 443 g/mol. The fourth-order valence-corrected chi connectivity index (χ4v) is 4.10. The zero-order chi connectivity index (χ0) is 22.8. The summed E-state index contributed by atoms with van der Waals surface area (Å²) >= 11 is 0. The molecule has 0 radical (unpaired) electrons. The molecule has 1 aliphatic rings. The van der Waals surface area contributed by atoms with E-state index in [4.69, 9.17) is 0 Å². The van der Waals surface area contributed by atoms with Gasteiger partial charge >= 0.3 is 0 Å². The van der Waals surface area contributed by atoms with Crippen molar-refractivity contribution in [1.29, 1.82) is 0 Å². The first-order valence-electron chi connectivity index (χ1n) is 11.1. The van der Waals surface area contributed by atoms with Crippen molar-refractivity contribution in [3.63, 3.8) is 0 Å². The number of carbonyl (C=O) groups excluding carboxylic acids is 1. The van der Waals surface area contributed by atoms with Crippen molar-refractivity contribution in [2.75, 3.05) is 38.1 Å². The third-order valence-corrected chi connectivity index (χ3v) is 5.98. The van der Waals surface area contributed by atoms with Gasteiger partial charge in [0.15, 0.2) is 5.78 Å². The number of nitrogens with zero attached hydrogens (tertiary/aromatic N) is 8. The second-order valence-electron chi connectivity index (χ2n) is 8.52. The summed E-state index contributed by atoms with van der Waals surface area (Å²) in [4.78, 5) is 31.1. The van der Waals surface area contributed by atoms with Gasteiger partial charge in [-0.2, -0.15) is 0 Å². The molecular weight excluding hydrogens is 416 g/mol. The number of likely N-dealkylation sites (N-methyl/N-ethyl adjacent to an activating group) is 1. The first-order valence-corrected chi connectivity index (χ1v) is 11.1. The van der Waals surface area contributed by atoms with Crippen molar-refractivity contribution >= 4 is 22.5 Å². The fourth-order valence-electron chi connectivity index (χ4n) is 4.10.